The Bertz CT molecular complexity index is 1090. The molecule has 32 heavy (non-hydrogen) atoms. The average molecular weight is 460 g/mol. The largest absolute Gasteiger partial charge is 0.444 e. The maximum atomic E-state index is 13.2. The fourth-order valence-electron chi connectivity index (χ4n) is 2.81. The van der Waals surface area contributed by atoms with Crippen LogP contribution in [0.25, 0.3) is 0 Å². The normalized spacial score (nSPS) is 12.6. The standard InChI is InChI=1S/C22H25N3O6S/c1-5-15-24(32(29,30)19-13-11-18(12-14-19)25(27)28)16-20(17-9-7-6-8-10-17)23-21(26)31-22(2,3)4/h1,6-14,20H,15-16H2,2-4H3,(H,23,26). The zero-order chi connectivity index (χ0) is 23.9. The summed E-state index contributed by atoms with van der Waals surface area (Å²) in [6, 6.07) is 12.6. The number of hydrogen-bond acceptors (Lipinski definition) is 6. The molecule has 0 spiro atoms. The number of nitro benzene ring substituents is 1. The highest BCUT2D eigenvalue weighted by atomic mass is 32.2. The molecule has 0 saturated carbocycles. The molecule has 0 aliphatic carbocycles. The molecule has 1 N–H and O–H groups in total. The van der Waals surface area contributed by atoms with E-state index in [4.69, 9.17) is 11.2 Å². The van der Waals surface area contributed by atoms with Crippen LogP contribution in [-0.2, 0) is 14.8 Å². The van der Waals surface area contributed by atoms with Crippen LogP contribution in [0.1, 0.15) is 32.4 Å². The number of benzene rings is 2. The Kier molecular flexibility index (Phi) is 7.97. The maximum Gasteiger partial charge on any atom is 0.408 e. The number of ether oxygens (including phenoxy) is 1. The van der Waals surface area contributed by atoms with Crippen LogP contribution < -0.4 is 5.32 Å². The highest BCUT2D eigenvalue weighted by Gasteiger charge is 2.29. The van der Waals surface area contributed by atoms with E-state index in [1.165, 1.54) is 0 Å². The van der Waals surface area contributed by atoms with Crippen LogP contribution in [0.4, 0.5) is 10.5 Å². The van der Waals surface area contributed by atoms with Gasteiger partial charge in [-0.3, -0.25) is 10.1 Å². The van der Waals surface area contributed by atoms with Crippen molar-refractivity contribution in [2.45, 2.75) is 37.3 Å². The molecule has 0 aliphatic rings. The number of non-ortho nitro benzene ring substituents is 1. The lowest BCUT2D eigenvalue weighted by molar-refractivity contribution is -0.384. The molecule has 10 heteroatoms. The van der Waals surface area contributed by atoms with Crippen LogP contribution in [0.15, 0.2) is 59.5 Å². The van der Waals surface area contributed by atoms with Crippen molar-refractivity contribution in [1.29, 1.82) is 0 Å². The molecule has 170 valence electrons. The summed E-state index contributed by atoms with van der Waals surface area (Å²) in [4.78, 5) is 22.5. The number of alkyl carbamates (subject to hydrolysis) is 1. The zero-order valence-corrected chi connectivity index (χ0v) is 18.8. The number of nitrogens with zero attached hydrogens (tertiary/aromatic N) is 2. The molecule has 2 rings (SSSR count). The van der Waals surface area contributed by atoms with E-state index in [-0.39, 0.29) is 23.7 Å². The summed E-state index contributed by atoms with van der Waals surface area (Å²) in [5.74, 6) is 2.32. The highest BCUT2D eigenvalue weighted by Crippen LogP contribution is 2.23. The maximum absolute atomic E-state index is 13.2. The van der Waals surface area contributed by atoms with Crippen LogP contribution in [0.2, 0.25) is 0 Å². The van der Waals surface area contributed by atoms with Crippen molar-refractivity contribution in [3.05, 3.63) is 70.3 Å². The molecule has 2 aromatic carbocycles. The number of nitro groups is 1. The number of hydrogen-bond donors (Lipinski definition) is 1. The van der Waals surface area contributed by atoms with Crippen LogP contribution in [-0.4, -0.2) is 42.4 Å². The Morgan fingerprint density at radius 2 is 1.78 bits per heavy atom. The van der Waals surface area contributed by atoms with E-state index in [1.54, 1.807) is 51.1 Å². The van der Waals surface area contributed by atoms with E-state index in [2.05, 4.69) is 11.2 Å². The Morgan fingerprint density at radius 1 is 1.19 bits per heavy atom. The van der Waals surface area contributed by atoms with Gasteiger partial charge in [0.05, 0.1) is 22.4 Å². The second-order valence-corrected chi connectivity index (χ2v) is 9.80. The van der Waals surface area contributed by atoms with Gasteiger partial charge in [-0.2, -0.15) is 4.31 Å². The number of carbonyl (C=O) groups is 1. The highest BCUT2D eigenvalue weighted by molar-refractivity contribution is 7.89. The van der Waals surface area contributed by atoms with E-state index in [0.29, 0.717) is 5.56 Å². The number of terminal acetylenes is 1. The van der Waals surface area contributed by atoms with Crippen molar-refractivity contribution >= 4 is 21.8 Å². The summed E-state index contributed by atoms with van der Waals surface area (Å²) in [5.41, 5.74) is -0.324. The third-order valence-corrected chi connectivity index (χ3v) is 6.06. The van der Waals surface area contributed by atoms with Crippen molar-refractivity contribution in [2.24, 2.45) is 0 Å². The Labute approximate surface area is 187 Å². The smallest absolute Gasteiger partial charge is 0.408 e. The minimum Gasteiger partial charge on any atom is -0.444 e. The summed E-state index contributed by atoms with van der Waals surface area (Å²) in [6.07, 6.45) is 4.70. The predicted octanol–water partition coefficient (Wildman–Crippen LogP) is 3.48. The van der Waals surface area contributed by atoms with Gasteiger partial charge in [0.1, 0.15) is 5.60 Å². The lowest BCUT2D eigenvalue weighted by atomic mass is 10.1. The topological polar surface area (TPSA) is 119 Å². The predicted molar refractivity (Wildman–Crippen MR) is 119 cm³/mol. The number of nitrogens with one attached hydrogen (secondary N) is 1. The number of carbonyl (C=O) groups excluding carboxylic acids is 1. The molecule has 0 aliphatic heterocycles. The number of rotatable bonds is 8. The van der Waals surface area contributed by atoms with Crippen LogP contribution in [0.5, 0.6) is 0 Å². The molecular formula is C22H25N3O6S. The third-order valence-electron chi connectivity index (χ3n) is 4.23. The first-order valence-corrected chi connectivity index (χ1v) is 11.1. The molecule has 0 fully saturated rings. The number of amides is 1. The minimum absolute atomic E-state index is 0.151. The van der Waals surface area contributed by atoms with Gasteiger partial charge in [0.15, 0.2) is 0 Å². The lowest BCUT2D eigenvalue weighted by Gasteiger charge is -2.28. The molecule has 1 atom stereocenters. The Hall–Kier alpha value is -3.42. The van der Waals surface area contributed by atoms with Gasteiger partial charge in [0.25, 0.3) is 5.69 Å². The van der Waals surface area contributed by atoms with E-state index in [0.717, 1.165) is 28.6 Å². The van der Waals surface area contributed by atoms with Crippen molar-refractivity contribution in [2.75, 3.05) is 13.1 Å². The third kappa shape index (κ3) is 6.80. The first-order valence-electron chi connectivity index (χ1n) is 9.66. The van der Waals surface area contributed by atoms with Crippen LogP contribution >= 0.6 is 0 Å². The molecule has 0 saturated heterocycles. The molecular weight excluding hydrogens is 434 g/mol. The van der Waals surface area contributed by atoms with E-state index >= 15 is 0 Å². The van der Waals surface area contributed by atoms with Gasteiger partial charge in [0, 0.05) is 18.7 Å². The Morgan fingerprint density at radius 3 is 2.28 bits per heavy atom. The SMILES string of the molecule is C#CCN(CC(NC(=O)OC(C)(C)C)c1ccccc1)S(=O)(=O)c1ccc([N+](=O)[O-])cc1. The second kappa shape index (κ2) is 10.3. The molecule has 1 unspecified atom stereocenters. The summed E-state index contributed by atoms with van der Waals surface area (Å²) >= 11 is 0. The summed E-state index contributed by atoms with van der Waals surface area (Å²) in [6.45, 7) is 4.71. The van der Waals surface area contributed by atoms with Gasteiger partial charge in [-0.1, -0.05) is 36.3 Å². The van der Waals surface area contributed by atoms with Crippen LogP contribution in [0.3, 0.4) is 0 Å². The molecule has 0 aromatic heterocycles. The molecule has 2 aromatic rings. The quantitative estimate of drug-likeness (QED) is 0.367. The number of sulfonamides is 1. The average Bonchev–Trinajstić information content (AvgIpc) is 2.72. The summed E-state index contributed by atoms with van der Waals surface area (Å²) < 4.78 is 32.7. The lowest BCUT2D eigenvalue weighted by Crippen LogP contribution is -2.42. The first kappa shape index (κ1) is 24.8. The molecule has 1 amide bonds. The van der Waals surface area contributed by atoms with Crippen molar-refractivity contribution in [3.8, 4) is 12.3 Å². The zero-order valence-electron chi connectivity index (χ0n) is 18.0. The van der Waals surface area contributed by atoms with E-state index in [1.807, 2.05) is 0 Å². The summed E-state index contributed by atoms with van der Waals surface area (Å²) in [5, 5.41) is 13.6. The van der Waals surface area contributed by atoms with Gasteiger partial charge in [-0.15, -0.1) is 6.42 Å². The van der Waals surface area contributed by atoms with Gasteiger partial charge in [0.2, 0.25) is 10.0 Å². The van der Waals surface area contributed by atoms with Gasteiger partial charge in [-0.25, -0.2) is 13.2 Å². The first-order chi connectivity index (χ1) is 14.9. The van der Waals surface area contributed by atoms with Crippen molar-refractivity contribution < 1.29 is 22.9 Å². The fraction of sp³-hybridized carbons (Fsp3) is 0.318. The van der Waals surface area contributed by atoms with Gasteiger partial charge < -0.3 is 10.1 Å². The molecule has 0 heterocycles. The molecule has 0 bridgehead atoms. The van der Waals surface area contributed by atoms with Crippen molar-refractivity contribution in [3.63, 3.8) is 0 Å². The van der Waals surface area contributed by atoms with Crippen LogP contribution in [0, 0.1) is 22.5 Å². The molecule has 9 nitrogen and oxygen atoms in total. The Balaban J connectivity index is 2.37. The second-order valence-electron chi connectivity index (χ2n) is 7.86. The monoisotopic (exact) mass is 459 g/mol. The molecule has 0 radical (unpaired) electrons. The van der Waals surface area contributed by atoms with Gasteiger partial charge in [-0.05, 0) is 38.5 Å². The fourth-order valence-corrected chi connectivity index (χ4v) is 4.18. The summed E-state index contributed by atoms with van der Waals surface area (Å²) in [7, 11) is -4.10. The van der Waals surface area contributed by atoms with Gasteiger partial charge >= 0.3 is 6.09 Å². The van der Waals surface area contributed by atoms with E-state index < -0.39 is 32.7 Å². The minimum atomic E-state index is -4.10. The van der Waals surface area contributed by atoms with Crippen molar-refractivity contribution in [1.82, 2.24) is 9.62 Å². The van der Waals surface area contributed by atoms with E-state index in [9.17, 15) is 23.3 Å².